The molecule has 7 heteroatoms. The SMILES string of the molecule is Cc1cc(Br)ccc1C(=O)COC(=O)C1CCCN1C(=O)OC(C)(C)C. The van der Waals surface area contributed by atoms with Gasteiger partial charge in [0.2, 0.25) is 5.78 Å². The largest absolute Gasteiger partial charge is 0.456 e. The molecule has 0 saturated carbocycles. The molecule has 6 nitrogen and oxygen atoms in total. The standard InChI is InChI=1S/C19H24BrNO5/c1-12-10-13(20)7-8-14(12)16(22)11-25-17(23)15-6-5-9-21(15)18(24)26-19(2,3)4/h7-8,10,15H,5-6,9,11H2,1-4H3. The molecule has 1 unspecified atom stereocenters. The normalized spacial score (nSPS) is 17.1. The fourth-order valence-corrected chi connectivity index (χ4v) is 3.28. The summed E-state index contributed by atoms with van der Waals surface area (Å²) in [5.41, 5.74) is 0.677. The predicted molar refractivity (Wildman–Crippen MR) is 100 cm³/mol. The molecule has 1 aromatic rings. The third-order valence-corrected chi connectivity index (χ3v) is 4.48. The minimum absolute atomic E-state index is 0.273. The molecule has 0 aliphatic carbocycles. The van der Waals surface area contributed by atoms with Crippen LogP contribution in [0, 0.1) is 6.92 Å². The summed E-state index contributed by atoms with van der Waals surface area (Å²) in [5, 5.41) is 0. The fourth-order valence-electron chi connectivity index (χ4n) is 2.80. The summed E-state index contributed by atoms with van der Waals surface area (Å²) in [6.45, 7) is 7.23. The lowest BCUT2D eigenvalue weighted by Crippen LogP contribution is -2.44. The third-order valence-electron chi connectivity index (χ3n) is 3.99. The van der Waals surface area contributed by atoms with Crippen molar-refractivity contribution in [3.8, 4) is 0 Å². The van der Waals surface area contributed by atoms with Crippen molar-refractivity contribution in [1.29, 1.82) is 0 Å². The molecule has 1 saturated heterocycles. The number of hydrogen-bond acceptors (Lipinski definition) is 5. The first-order valence-electron chi connectivity index (χ1n) is 8.54. The van der Waals surface area contributed by atoms with E-state index in [1.807, 2.05) is 13.0 Å². The van der Waals surface area contributed by atoms with Gasteiger partial charge in [0.25, 0.3) is 0 Å². The van der Waals surface area contributed by atoms with Gasteiger partial charge in [0.05, 0.1) is 0 Å². The van der Waals surface area contributed by atoms with Gasteiger partial charge in [0, 0.05) is 16.6 Å². The van der Waals surface area contributed by atoms with E-state index in [0.29, 0.717) is 24.9 Å². The summed E-state index contributed by atoms with van der Waals surface area (Å²) in [4.78, 5) is 38.3. The van der Waals surface area contributed by atoms with Gasteiger partial charge in [-0.05, 0) is 64.3 Å². The van der Waals surface area contributed by atoms with E-state index in [0.717, 1.165) is 10.0 Å². The highest BCUT2D eigenvalue weighted by Gasteiger charge is 2.37. The maximum absolute atomic E-state index is 12.4. The number of hydrogen-bond donors (Lipinski definition) is 0. The number of likely N-dealkylation sites (tertiary alicyclic amines) is 1. The van der Waals surface area contributed by atoms with Crippen molar-refractivity contribution in [3.63, 3.8) is 0 Å². The first-order chi connectivity index (χ1) is 12.1. The third kappa shape index (κ3) is 5.30. The zero-order valence-corrected chi connectivity index (χ0v) is 17.1. The van der Waals surface area contributed by atoms with Crippen LogP contribution in [-0.2, 0) is 14.3 Å². The number of carbonyl (C=O) groups excluding carboxylic acids is 3. The van der Waals surface area contributed by atoms with Crippen molar-refractivity contribution >= 4 is 33.8 Å². The van der Waals surface area contributed by atoms with E-state index in [2.05, 4.69) is 15.9 Å². The van der Waals surface area contributed by atoms with Crippen molar-refractivity contribution in [2.45, 2.75) is 52.2 Å². The average molecular weight is 426 g/mol. The highest BCUT2D eigenvalue weighted by Crippen LogP contribution is 2.22. The van der Waals surface area contributed by atoms with Crippen molar-refractivity contribution in [2.75, 3.05) is 13.2 Å². The number of benzene rings is 1. The molecule has 1 aliphatic heterocycles. The highest BCUT2D eigenvalue weighted by molar-refractivity contribution is 9.10. The number of rotatable bonds is 4. The van der Waals surface area contributed by atoms with Gasteiger partial charge in [0.15, 0.2) is 6.61 Å². The van der Waals surface area contributed by atoms with Gasteiger partial charge in [-0.15, -0.1) is 0 Å². The maximum Gasteiger partial charge on any atom is 0.411 e. The number of halogens is 1. The van der Waals surface area contributed by atoms with Crippen LogP contribution < -0.4 is 0 Å². The minimum atomic E-state index is -0.705. The maximum atomic E-state index is 12.4. The first-order valence-corrected chi connectivity index (χ1v) is 9.33. The van der Waals surface area contributed by atoms with Gasteiger partial charge < -0.3 is 9.47 Å². The molecule has 1 amide bonds. The summed E-state index contributed by atoms with van der Waals surface area (Å²) in [6, 6.07) is 4.58. The fraction of sp³-hybridized carbons (Fsp3) is 0.526. The smallest absolute Gasteiger partial charge is 0.411 e. The molecule has 0 N–H and O–H groups in total. The van der Waals surface area contributed by atoms with Crippen LogP contribution in [0.4, 0.5) is 4.79 Å². The summed E-state index contributed by atoms with van der Waals surface area (Å²) in [7, 11) is 0. The molecule has 26 heavy (non-hydrogen) atoms. The van der Waals surface area contributed by atoms with E-state index in [-0.39, 0.29) is 12.4 Å². The van der Waals surface area contributed by atoms with Crippen LogP contribution in [0.5, 0.6) is 0 Å². The van der Waals surface area contributed by atoms with E-state index in [4.69, 9.17) is 9.47 Å². The Morgan fingerprint density at radius 2 is 1.96 bits per heavy atom. The number of esters is 1. The van der Waals surface area contributed by atoms with Gasteiger partial charge in [-0.3, -0.25) is 9.69 Å². The molecule has 1 aromatic carbocycles. The van der Waals surface area contributed by atoms with Gasteiger partial charge in [-0.25, -0.2) is 9.59 Å². The second-order valence-electron chi connectivity index (χ2n) is 7.32. The molecule has 0 bridgehead atoms. The van der Waals surface area contributed by atoms with Crippen LogP contribution in [-0.4, -0.2) is 47.5 Å². The molecule has 0 spiro atoms. The molecule has 1 fully saturated rings. The number of amides is 1. The Balaban J connectivity index is 1.96. The van der Waals surface area contributed by atoms with E-state index in [9.17, 15) is 14.4 Å². The molecular formula is C19H24BrNO5. The minimum Gasteiger partial charge on any atom is -0.456 e. The number of aryl methyl sites for hydroxylation is 1. The Morgan fingerprint density at radius 1 is 1.27 bits per heavy atom. The Bertz CT molecular complexity index is 710. The lowest BCUT2D eigenvalue weighted by atomic mass is 10.1. The molecule has 1 atom stereocenters. The molecule has 0 radical (unpaired) electrons. The van der Waals surface area contributed by atoms with Crippen LogP contribution in [0.25, 0.3) is 0 Å². The Labute approximate surface area is 162 Å². The van der Waals surface area contributed by atoms with Gasteiger partial charge in [-0.1, -0.05) is 15.9 Å². The van der Waals surface area contributed by atoms with Crippen LogP contribution in [0.2, 0.25) is 0 Å². The first kappa shape index (κ1) is 20.4. The Hall–Kier alpha value is -1.89. The monoisotopic (exact) mass is 425 g/mol. The van der Waals surface area contributed by atoms with Crippen LogP contribution in [0.3, 0.4) is 0 Å². The Kier molecular flexibility index (Phi) is 6.44. The number of ketones is 1. The van der Waals surface area contributed by atoms with E-state index in [1.54, 1.807) is 32.9 Å². The van der Waals surface area contributed by atoms with Gasteiger partial charge >= 0.3 is 12.1 Å². The predicted octanol–water partition coefficient (Wildman–Crippen LogP) is 3.88. The highest BCUT2D eigenvalue weighted by atomic mass is 79.9. The van der Waals surface area contributed by atoms with Crippen LogP contribution in [0.15, 0.2) is 22.7 Å². The average Bonchev–Trinajstić information content (AvgIpc) is 3.00. The molecule has 1 heterocycles. The van der Waals surface area contributed by atoms with E-state index in [1.165, 1.54) is 4.90 Å². The lowest BCUT2D eigenvalue weighted by Gasteiger charge is -2.27. The molecule has 2 rings (SSSR count). The van der Waals surface area contributed by atoms with E-state index >= 15 is 0 Å². The quantitative estimate of drug-likeness (QED) is 0.540. The second-order valence-corrected chi connectivity index (χ2v) is 8.24. The topological polar surface area (TPSA) is 72.9 Å². The summed E-state index contributed by atoms with van der Waals surface area (Å²) >= 11 is 3.35. The second kappa shape index (κ2) is 8.20. The van der Waals surface area contributed by atoms with E-state index < -0.39 is 23.7 Å². The van der Waals surface area contributed by atoms with Crippen LogP contribution >= 0.6 is 15.9 Å². The number of carbonyl (C=O) groups is 3. The molecule has 142 valence electrons. The van der Waals surface area contributed by atoms with Gasteiger partial charge in [0.1, 0.15) is 11.6 Å². The van der Waals surface area contributed by atoms with Crippen molar-refractivity contribution in [1.82, 2.24) is 4.90 Å². The summed E-state index contributed by atoms with van der Waals surface area (Å²) in [5.74, 6) is -0.846. The molecule has 1 aliphatic rings. The van der Waals surface area contributed by atoms with Gasteiger partial charge in [-0.2, -0.15) is 0 Å². The molecule has 0 aromatic heterocycles. The van der Waals surface area contributed by atoms with Crippen molar-refractivity contribution in [3.05, 3.63) is 33.8 Å². The summed E-state index contributed by atoms with van der Waals surface area (Å²) in [6.07, 6.45) is 0.662. The summed E-state index contributed by atoms with van der Waals surface area (Å²) < 4.78 is 11.4. The zero-order valence-electron chi connectivity index (χ0n) is 15.5. The number of ether oxygens (including phenoxy) is 2. The van der Waals surface area contributed by atoms with Crippen molar-refractivity contribution < 1.29 is 23.9 Å². The Morgan fingerprint density at radius 3 is 2.58 bits per heavy atom. The van der Waals surface area contributed by atoms with Crippen LogP contribution in [0.1, 0.15) is 49.5 Å². The zero-order chi connectivity index (χ0) is 19.5. The number of nitrogens with zero attached hydrogens (tertiary/aromatic N) is 1. The molecular weight excluding hydrogens is 402 g/mol. The van der Waals surface area contributed by atoms with Crippen molar-refractivity contribution in [2.24, 2.45) is 0 Å². The number of Topliss-reactive ketones (excluding diaryl/α,β-unsaturated/α-hetero) is 1. The lowest BCUT2D eigenvalue weighted by molar-refractivity contribution is -0.147.